The largest absolute Gasteiger partial charge is 0.508 e. The van der Waals surface area contributed by atoms with Gasteiger partial charge in [-0.15, -0.1) is 11.3 Å². The molecule has 2 aromatic rings. The molecule has 1 heterocycles. The quantitative estimate of drug-likeness (QED) is 0.399. The SMILES string of the molecule is C=C(O)c1c(NC(=O)c2ccc(Cl)cc2CN(C)S)sc2c1CC(C)(C)CC2. The van der Waals surface area contributed by atoms with Crippen LogP contribution < -0.4 is 5.32 Å². The van der Waals surface area contributed by atoms with Crippen LogP contribution in [0.1, 0.15) is 52.2 Å². The minimum absolute atomic E-state index is 0.00285. The van der Waals surface area contributed by atoms with E-state index in [1.54, 1.807) is 22.5 Å². The van der Waals surface area contributed by atoms with Crippen molar-refractivity contribution >= 4 is 52.4 Å². The van der Waals surface area contributed by atoms with Gasteiger partial charge in [-0.25, -0.2) is 0 Å². The lowest BCUT2D eigenvalue weighted by Gasteiger charge is -2.29. The van der Waals surface area contributed by atoms with Crippen LogP contribution in [0.4, 0.5) is 5.00 Å². The van der Waals surface area contributed by atoms with Crippen LogP contribution in [-0.4, -0.2) is 22.4 Å². The number of carbonyl (C=O) groups is 1. The van der Waals surface area contributed by atoms with Crippen molar-refractivity contribution in [2.24, 2.45) is 5.41 Å². The number of nitrogens with zero attached hydrogens (tertiary/aromatic N) is 1. The number of halogens is 1. The number of amides is 1. The smallest absolute Gasteiger partial charge is 0.256 e. The summed E-state index contributed by atoms with van der Waals surface area (Å²) in [4.78, 5) is 14.3. The van der Waals surface area contributed by atoms with Gasteiger partial charge in [0.2, 0.25) is 0 Å². The summed E-state index contributed by atoms with van der Waals surface area (Å²) in [6, 6.07) is 5.19. The first kappa shape index (κ1) is 21.2. The molecule has 3 rings (SSSR count). The Morgan fingerprint density at radius 1 is 1.46 bits per heavy atom. The molecule has 2 N–H and O–H groups in total. The molecular weight excluding hydrogens is 412 g/mol. The van der Waals surface area contributed by atoms with Gasteiger partial charge >= 0.3 is 0 Å². The molecule has 7 heteroatoms. The van der Waals surface area contributed by atoms with Gasteiger partial charge in [-0.2, -0.15) is 0 Å². The topological polar surface area (TPSA) is 52.6 Å². The van der Waals surface area contributed by atoms with E-state index in [9.17, 15) is 9.90 Å². The van der Waals surface area contributed by atoms with Crippen LogP contribution in [-0.2, 0) is 19.4 Å². The number of thiophene rings is 1. The van der Waals surface area contributed by atoms with Gasteiger partial charge in [0.15, 0.2) is 0 Å². The van der Waals surface area contributed by atoms with Gasteiger partial charge in [0, 0.05) is 22.0 Å². The lowest BCUT2D eigenvalue weighted by atomic mass is 9.76. The molecule has 4 nitrogen and oxygen atoms in total. The molecule has 0 unspecified atom stereocenters. The van der Waals surface area contributed by atoms with Crippen LogP contribution in [0, 0.1) is 5.41 Å². The molecule has 28 heavy (non-hydrogen) atoms. The Morgan fingerprint density at radius 2 is 2.18 bits per heavy atom. The highest BCUT2D eigenvalue weighted by Gasteiger charge is 2.31. The number of nitrogens with one attached hydrogen (secondary N) is 1. The van der Waals surface area contributed by atoms with Crippen molar-refractivity contribution in [2.75, 3.05) is 12.4 Å². The van der Waals surface area contributed by atoms with Gasteiger partial charge in [0.05, 0.1) is 5.56 Å². The van der Waals surface area contributed by atoms with E-state index in [1.165, 1.54) is 16.2 Å². The Kier molecular flexibility index (Phi) is 6.15. The maximum atomic E-state index is 13.0. The van der Waals surface area contributed by atoms with Crippen LogP contribution in [0.2, 0.25) is 5.02 Å². The number of thiol groups is 1. The summed E-state index contributed by atoms with van der Waals surface area (Å²) in [6.45, 7) is 8.66. The molecule has 0 bridgehead atoms. The van der Waals surface area contributed by atoms with Crippen LogP contribution in [0.25, 0.3) is 5.76 Å². The van der Waals surface area contributed by atoms with E-state index in [0.29, 0.717) is 27.7 Å². The van der Waals surface area contributed by atoms with Gasteiger partial charge in [-0.05, 0) is 61.1 Å². The highest BCUT2D eigenvalue weighted by Crippen LogP contribution is 2.45. The highest BCUT2D eigenvalue weighted by molar-refractivity contribution is 7.77. The van der Waals surface area contributed by atoms with E-state index >= 15 is 0 Å². The predicted molar refractivity (Wildman–Crippen MR) is 122 cm³/mol. The summed E-state index contributed by atoms with van der Waals surface area (Å²) < 4.78 is 1.69. The molecule has 1 amide bonds. The Morgan fingerprint density at radius 3 is 2.82 bits per heavy atom. The van der Waals surface area contributed by atoms with Crippen molar-refractivity contribution in [1.29, 1.82) is 0 Å². The molecule has 1 aliphatic carbocycles. The van der Waals surface area contributed by atoms with E-state index in [-0.39, 0.29) is 17.1 Å². The second-order valence-corrected chi connectivity index (χ2v) is 10.3. The molecule has 0 saturated heterocycles. The first-order valence-electron chi connectivity index (χ1n) is 9.10. The fourth-order valence-electron chi connectivity index (χ4n) is 3.64. The third-order valence-corrected chi connectivity index (χ3v) is 6.59. The van der Waals surface area contributed by atoms with Gasteiger partial charge in [-0.1, -0.05) is 44.8 Å². The maximum absolute atomic E-state index is 13.0. The molecule has 0 fully saturated rings. The van der Waals surface area contributed by atoms with Crippen molar-refractivity contribution in [1.82, 2.24) is 4.31 Å². The third-order valence-electron chi connectivity index (χ3n) is 5.00. The molecule has 0 aliphatic heterocycles. The lowest BCUT2D eigenvalue weighted by molar-refractivity contribution is 0.102. The lowest BCUT2D eigenvalue weighted by Crippen LogP contribution is -2.21. The molecule has 150 valence electrons. The second kappa shape index (κ2) is 8.11. The number of anilines is 1. The number of rotatable bonds is 5. The van der Waals surface area contributed by atoms with Crippen LogP contribution in [0.5, 0.6) is 0 Å². The monoisotopic (exact) mass is 436 g/mol. The Hall–Kier alpha value is -1.47. The molecule has 0 radical (unpaired) electrons. The zero-order chi connectivity index (χ0) is 20.6. The molecule has 0 spiro atoms. The molecule has 0 saturated carbocycles. The zero-order valence-corrected chi connectivity index (χ0v) is 18.8. The van der Waals surface area contributed by atoms with E-state index in [2.05, 4.69) is 38.6 Å². The Bertz CT molecular complexity index is 935. The van der Waals surface area contributed by atoms with Gasteiger partial charge in [0.25, 0.3) is 5.91 Å². The number of aliphatic hydroxyl groups is 1. The predicted octanol–water partition coefficient (Wildman–Crippen LogP) is 5.97. The van der Waals surface area contributed by atoms with Crippen LogP contribution in [0.3, 0.4) is 0 Å². The molecule has 0 atom stereocenters. The average Bonchev–Trinajstić information content (AvgIpc) is 2.90. The highest BCUT2D eigenvalue weighted by atomic mass is 35.5. The minimum atomic E-state index is -0.234. The number of aliphatic hydroxyl groups excluding tert-OH is 1. The van der Waals surface area contributed by atoms with Crippen molar-refractivity contribution in [3.05, 3.63) is 56.9 Å². The maximum Gasteiger partial charge on any atom is 0.256 e. The fraction of sp³-hybridized carbons (Fsp3) is 0.381. The van der Waals surface area contributed by atoms with Crippen molar-refractivity contribution in [3.8, 4) is 0 Å². The van der Waals surface area contributed by atoms with Gasteiger partial charge in [0.1, 0.15) is 10.8 Å². The third kappa shape index (κ3) is 4.57. The Labute approximate surface area is 180 Å². The molecule has 1 aliphatic rings. The number of hydrogen-bond acceptors (Lipinski definition) is 5. The number of fused-ring (bicyclic) bond motifs is 1. The molecule has 1 aromatic heterocycles. The summed E-state index contributed by atoms with van der Waals surface area (Å²) in [7, 11) is 1.81. The number of aryl methyl sites for hydroxylation is 1. The average molecular weight is 437 g/mol. The van der Waals surface area contributed by atoms with Gasteiger partial charge < -0.3 is 10.4 Å². The first-order valence-corrected chi connectivity index (χ1v) is 10.7. The van der Waals surface area contributed by atoms with Crippen molar-refractivity contribution in [3.63, 3.8) is 0 Å². The van der Waals surface area contributed by atoms with Crippen molar-refractivity contribution in [2.45, 2.75) is 39.7 Å². The molecule has 1 aromatic carbocycles. The fourth-order valence-corrected chi connectivity index (χ4v) is 5.23. The van der Waals surface area contributed by atoms with E-state index in [1.807, 2.05) is 7.05 Å². The van der Waals surface area contributed by atoms with E-state index < -0.39 is 0 Å². The van der Waals surface area contributed by atoms with E-state index in [4.69, 9.17) is 11.6 Å². The minimum Gasteiger partial charge on any atom is -0.508 e. The number of hydrogen-bond donors (Lipinski definition) is 3. The summed E-state index contributed by atoms with van der Waals surface area (Å²) >= 11 is 11.9. The normalized spacial score (nSPS) is 15.4. The first-order chi connectivity index (χ1) is 13.1. The summed E-state index contributed by atoms with van der Waals surface area (Å²) in [5, 5.41) is 14.5. The summed E-state index contributed by atoms with van der Waals surface area (Å²) in [5.74, 6) is -0.237. The van der Waals surface area contributed by atoms with Gasteiger partial charge in [-0.3, -0.25) is 9.10 Å². The summed E-state index contributed by atoms with van der Waals surface area (Å²) in [5.41, 5.74) is 3.26. The van der Waals surface area contributed by atoms with E-state index in [0.717, 1.165) is 30.4 Å². The van der Waals surface area contributed by atoms with Crippen LogP contribution >= 0.6 is 35.8 Å². The Balaban J connectivity index is 1.96. The standard InChI is InChI=1S/C21H25ClN2O2S2/c1-12(25)18-16-10-21(2,3)8-7-17(16)28-20(18)23-19(26)15-6-5-14(22)9-13(15)11-24(4)27/h5-6,9,25,27H,1,7-8,10-11H2,2-4H3,(H,23,26). The summed E-state index contributed by atoms with van der Waals surface area (Å²) in [6.07, 6.45) is 2.89. The zero-order valence-electron chi connectivity index (χ0n) is 16.3. The van der Waals surface area contributed by atoms with Crippen LogP contribution in [0.15, 0.2) is 24.8 Å². The molecular formula is C21H25ClN2O2S2. The number of carbonyl (C=O) groups excluding carboxylic acids is 1. The van der Waals surface area contributed by atoms with Crippen molar-refractivity contribution < 1.29 is 9.90 Å². The number of benzene rings is 1. The second-order valence-electron chi connectivity index (χ2n) is 8.07.